The van der Waals surface area contributed by atoms with Gasteiger partial charge in [-0.3, -0.25) is 0 Å². The second-order valence-electron chi connectivity index (χ2n) is 6.01. The maximum atomic E-state index is 4.98. The molecular formula is C15H28N4S. The molecule has 0 aromatic carbocycles. The molecule has 1 saturated carbocycles. The molecule has 4 nitrogen and oxygen atoms in total. The van der Waals surface area contributed by atoms with Gasteiger partial charge in [0.2, 0.25) is 0 Å². The van der Waals surface area contributed by atoms with Gasteiger partial charge in [-0.15, -0.1) is 11.3 Å². The summed E-state index contributed by atoms with van der Waals surface area (Å²) in [6.45, 7) is 7.55. The molecule has 1 aliphatic carbocycles. The van der Waals surface area contributed by atoms with Crippen molar-refractivity contribution in [3.8, 4) is 0 Å². The van der Waals surface area contributed by atoms with E-state index in [1.54, 1.807) is 0 Å². The van der Waals surface area contributed by atoms with Crippen molar-refractivity contribution < 1.29 is 0 Å². The lowest BCUT2D eigenvalue weighted by atomic mass is 10.2. The molecule has 1 N–H and O–H groups in total. The monoisotopic (exact) mass is 296 g/mol. The lowest BCUT2D eigenvalue weighted by Crippen LogP contribution is -2.40. The largest absolute Gasteiger partial charge is 0.344 e. The summed E-state index contributed by atoms with van der Waals surface area (Å²) < 4.78 is 0. The van der Waals surface area contributed by atoms with Crippen LogP contribution in [-0.4, -0.2) is 50.2 Å². The molecule has 0 spiro atoms. The zero-order valence-corrected chi connectivity index (χ0v) is 14.3. The van der Waals surface area contributed by atoms with Crippen LogP contribution in [0.25, 0.3) is 0 Å². The van der Waals surface area contributed by atoms with Crippen LogP contribution < -0.4 is 10.2 Å². The van der Waals surface area contributed by atoms with Crippen molar-refractivity contribution >= 4 is 16.5 Å². The van der Waals surface area contributed by atoms with Crippen LogP contribution in [0.1, 0.15) is 43.2 Å². The lowest BCUT2D eigenvalue weighted by molar-refractivity contribution is 0.373. The Balaban J connectivity index is 2.18. The van der Waals surface area contributed by atoms with Crippen LogP contribution in [0.3, 0.4) is 0 Å². The van der Waals surface area contributed by atoms with E-state index < -0.39 is 0 Å². The van der Waals surface area contributed by atoms with E-state index >= 15 is 0 Å². The van der Waals surface area contributed by atoms with Gasteiger partial charge in [0.25, 0.3) is 0 Å². The fourth-order valence-electron chi connectivity index (χ4n) is 2.70. The van der Waals surface area contributed by atoms with E-state index in [9.17, 15) is 0 Å². The summed E-state index contributed by atoms with van der Waals surface area (Å²) in [5, 5.41) is 4.49. The van der Waals surface area contributed by atoms with Crippen molar-refractivity contribution in [2.45, 2.75) is 45.2 Å². The minimum absolute atomic E-state index is 0.496. The second-order valence-corrected chi connectivity index (χ2v) is 7.07. The molecule has 1 unspecified atom stereocenters. The quantitative estimate of drug-likeness (QED) is 0.799. The molecule has 1 atom stereocenters. The van der Waals surface area contributed by atoms with Gasteiger partial charge in [0.15, 0.2) is 5.13 Å². The average Bonchev–Trinajstić information content (AvgIpc) is 3.13. The predicted octanol–water partition coefficient (Wildman–Crippen LogP) is 2.52. The topological polar surface area (TPSA) is 31.4 Å². The van der Waals surface area contributed by atoms with Crippen molar-refractivity contribution in [3.63, 3.8) is 0 Å². The Hall–Kier alpha value is -0.650. The number of hydrogen-bond acceptors (Lipinski definition) is 5. The van der Waals surface area contributed by atoms with Crippen LogP contribution >= 0.6 is 11.3 Å². The number of thiazole rings is 1. The molecule has 114 valence electrons. The van der Waals surface area contributed by atoms with Crippen LogP contribution in [0.15, 0.2) is 0 Å². The molecule has 0 amide bonds. The molecule has 20 heavy (non-hydrogen) atoms. The number of rotatable bonds is 8. The molecule has 1 aliphatic rings. The minimum Gasteiger partial charge on any atom is -0.344 e. The normalized spacial score (nSPS) is 16.7. The van der Waals surface area contributed by atoms with E-state index in [0.717, 1.165) is 25.6 Å². The third-order valence-corrected chi connectivity index (χ3v) is 4.87. The first-order valence-electron chi connectivity index (χ1n) is 7.62. The number of nitrogens with zero attached hydrogens (tertiary/aromatic N) is 3. The number of anilines is 1. The summed E-state index contributed by atoms with van der Waals surface area (Å²) in [6, 6.07) is 0.496. The van der Waals surface area contributed by atoms with Crippen molar-refractivity contribution in [1.82, 2.24) is 15.2 Å². The van der Waals surface area contributed by atoms with Crippen LogP contribution in [0.2, 0.25) is 0 Å². The van der Waals surface area contributed by atoms with E-state index in [1.807, 2.05) is 18.4 Å². The molecule has 1 heterocycles. The van der Waals surface area contributed by atoms with Crippen molar-refractivity contribution in [3.05, 3.63) is 10.6 Å². The van der Waals surface area contributed by atoms with E-state index in [0.29, 0.717) is 6.04 Å². The Morgan fingerprint density at radius 3 is 2.60 bits per heavy atom. The average molecular weight is 296 g/mol. The summed E-state index contributed by atoms with van der Waals surface area (Å²) >= 11 is 1.87. The van der Waals surface area contributed by atoms with Gasteiger partial charge in [0.1, 0.15) is 0 Å². The van der Waals surface area contributed by atoms with Crippen LogP contribution in [0, 0.1) is 0 Å². The van der Waals surface area contributed by atoms with Gasteiger partial charge in [-0.25, -0.2) is 4.98 Å². The molecule has 2 rings (SSSR count). The lowest BCUT2D eigenvalue weighted by Gasteiger charge is -2.29. The maximum absolute atomic E-state index is 4.98. The number of aromatic nitrogens is 1. The van der Waals surface area contributed by atoms with Crippen LogP contribution in [0.4, 0.5) is 5.13 Å². The summed E-state index contributed by atoms with van der Waals surface area (Å²) in [5.74, 6) is 0.728. The first-order valence-corrected chi connectivity index (χ1v) is 8.44. The van der Waals surface area contributed by atoms with Crippen molar-refractivity contribution in [1.29, 1.82) is 0 Å². The highest BCUT2D eigenvalue weighted by Gasteiger charge is 2.30. The Kier molecular flexibility index (Phi) is 5.41. The standard InChI is InChI=1S/C15H28N4S/c1-6-19(11(2)10-18(4)5)15-17-14(12-7-8-12)13(20-15)9-16-3/h11-12,16H,6-10H2,1-5H3. The Morgan fingerprint density at radius 1 is 1.40 bits per heavy atom. The predicted molar refractivity (Wildman–Crippen MR) is 87.9 cm³/mol. The SMILES string of the molecule is CCN(c1nc(C2CC2)c(CNC)s1)C(C)CN(C)C. The summed E-state index contributed by atoms with van der Waals surface area (Å²) in [7, 11) is 6.28. The van der Waals surface area contributed by atoms with Gasteiger partial charge in [0.05, 0.1) is 5.69 Å². The molecule has 0 aliphatic heterocycles. The van der Waals surface area contributed by atoms with Gasteiger partial charge in [0, 0.05) is 36.5 Å². The Morgan fingerprint density at radius 2 is 2.10 bits per heavy atom. The molecular weight excluding hydrogens is 268 g/mol. The van der Waals surface area contributed by atoms with Crippen molar-refractivity contribution in [2.24, 2.45) is 0 Å². The highest BCUT2D eigenvalue weighted by atomic mass is 32.1. The molecule has 1 fully saturated rings. The van der Waals surface area contributed by atoms with Gasteiger partial charge >= 0.3 is 0 Å². The first-order chi connectivity index (χ1) is 9.56. The molecule has 0 bridgehead atoms. The summed E-state index contributed by atoms with van der Waals surface area (Å²) in [6.07, 6.45) is 2.64. The highest BCUT2D eigenvalue weighted by molar-refractivity contribution is 7.15. The highest BCUT2D eigenvalue weighted by Crippen LogP contribution is 2.44. The van der Waals surface area contributed by atoms with Crippen LogP contribution in [-0.2, 0) is 6.54 Å². The fourth-order valence-corrected chi connectivity index (χ4v) is 4.02. The molecule has 1 aromatic rings. The van der Waals surface area contributed by atoms with E-state index in [1.165, 1.54) is 28.5 Å². The van der Waals surface area contributed by atoms with Crippen LogP contribution in [0.5, 0.6) is 0 Å². The van der Waals surface area contributed by atoms with Gasteiger partial charge in [-0.2, -0.15) is 0 Å². The number of nitrogens with one attached hydrogen (secondary N) is 1. The zero-order chi connectivity index (χ0) is 14.7. The first kappa shape index (κ1) is 15.7. The number of hydrogen-bond donors (Lipinski definition) is 1. The van der Waals surface area contributed by atoms with Crippen molar-refractivity contribution in [2.75, 3.05) is 39.1 Å². The molecule has 0 radical (unpaired) electrons. The number of likely N-dealkylation sites (N-methyl/N-ethyl adjacent to an activating group) is 2. The van der Waals surface area contributed by atoms with Gasteiger partial charge in [-0.1, -0.05) is 0 Å². The zero-order valence-electron chi connectivity index (χ0n) is 13.4. The van der Waals surface area contributed by atoms with E-state index in [-0.39, 0.29) is 0 Å². The van der Waals surface area contributed by atoms with E-state index in [4.69, 9.17) is 4.98 Å². The third-order valence-electron chi connectivity index (χ3n) is 3.77. The molecule has 0 saturated heterocycles. The Labute approximate surface area is 127 Å². The molecule has 1 aromatic heterocycles. The minimum atomic E-state index is 0.496. The molecule has 5 heteroatoms. The fraction of sp³-hybridized carbons (Fsp3) is 0.800. The van der Waals surface area contributed by atoms with Gasteiger partial charge < -0.3 is 15.1 Å². The summed E-state index contributed by atoms with van der Waals surface area (Å²) in [5.41, 5.74) is 1.36. The maximum Gasteiger partial charge on any atom is 0.186 e. The Bertz CT molecular complexity index is 426. The second kappa shape index (κ2) is 6.87. The third kappa shape index (κ3) is 3.71. The van der Waals surface area contributed by atoms with E-state index in [2.05, 4.69) is 43.1 Å². The summed E-state index contributed by atoms with van der Waals surface area (Å²) in [4.78, 5) is 11.1. The smallest absolute Gasteiger partial charge is 0.186 e. The van der Waals surface area contributed by atoms with Gasteiger partial charge in [-0.05, 0) is 47.8 Å².